The number of benzene rings is 1. The summed E-state index contributed by atoms with van der Waals surface area (Å²) in [6, 6.07) is 8.62. The molecule has 2 aliphatic rings. The van der Waals surface area contributed by atoms with E-state index in [2.05, 4.69) is 47.6 Å². The Morgan fingerprint density at radius 3 is 2.48 bits per heavy atom. The lowest BCUT2D eigenvalue weighted by atomic mass is 9.89. The van der Waals surface area contributed by atoms with E-state index < -0.39 is 0 Å². The molecule has 0 spiro atoms. The van der Waals surface area contributed by atoms with Gasteiger partial charge in [0, 0.05) is 44.0 Å². The minimum Gasteiger partial charge on any atom is -0.381 e. The maximum atomic E-state index is 13.6. The van der Waals surface area contributed by atoms with Crippen LogP contribution in [0, 0.1) is 12.8 Å². The molecule has 0 atom stereocenters. The van der Waals surface area contributed by atoms with Crippen LogP contribution < -0.4 is 5.56 Å². The summed E-state index contributed by atoms with van der Waals surface area (Å²) in [4.78, 5) is 13.6. The number of rotatable bonds is 5. The predicted octanol–water partition coefficient (Wildman–Crippen LogP) is 4.26. The molecule has 1 aromatic carbocycles. The third-order valence-corrected chi connectivity index (χ3v) is 7.04. The van der Waals surface area contributed by atoms with Crippen LogP contribution >= 0.6 is 0 Å². The Morgan fingerprint density at radius 1 is 1.00 bits per heavy atom. The Balaban J connectivity index is 1.57. The second-order valence-electron chi connectivity index (χ2n) is 9.34. The molecule has 6 heteroatoms. The van der Waals surface area contributed by atoms with Gasteiger partial charge in [0.2, 0.25) is 5.65 Å². The zero-order valence-corrected chi connectivity index (χ0v) is 18.4. The van der Waals surface area contributed by atoms with Crippen molar-refractivity contribution < 1.29 is 4.74 Å². The Hall–Kier alpha value is -2.47. The highest BCUT2D eigenvalue weighted by Crippen LogP contribution is 2.27. The molecule has 0 N–H and O–H groups in total. The van der Waals surface area contributed by atoms with E-state index in [1.165, 1.54) is 43.2 Å². The van der Waals surface area contributed by atoms with Crippen LogP contribution in [-0.4, -0.2) is 32.4 Å². The number of ether oxygens (including phenoxy) is 1. The highest BCUT2D eigenvalue weighted by molar-refractivity contribution is 5.38. The van der Waals surface area contributed by atoms with Gasteiger partial charge in [0.25, 0.3) is 5.56 Å². The molecule has 164 valence electrons. The van der Waals surface area contributed by atoms with Gasteiger partial charge in [0.1, 0.15) is 5.82 Å². The Kier molecular flexibility index (Phi) is 5.90. The predicted molar refractivity (Wildman–Crippen MR) is 121 cm³/mol. The van der Waals surface area contributed by atoms with Crippen molar-refractivity contribution in [3.8, 4) is 0 Å². The fraction of sp³-hybridized carbons (Fsp3) is 0.560. The van der Waals surface area contributed by atoms with Gasteiger partial charge in [-0.3, -0.25) is 9.20 Å². The summed E-state index contributed by atoms with van der Waals surface area (Å²) in [7, 11) is 0. The second-order valence-corrected chi connectivity index (χ2v) is 9.34. The molecule has 2 aromatic heterocycles. The minimum atomic E-state index is 0.000921. The normalized spacial score (nSPS) is 18.6. The number of aryl methyl sites for hydroxylation is 1. The minimum absolute atomic E-state index is 0.000921. The Labute approximate surface area is 183 Å². The molecular formula is C25H32N4O2. The summed E-state index contributed by atoms with van der Waals surface area (Å²) in [5.41, 5.74) is 3.99. The van der Waals surface area contributed by atoms with Crippen LogP contribution in [0.15, 0.2) is 35.3 Å². The molecule has 6 nitrogen and oxygen atoms in total. The first-order valence-corrected chi connectivity index (χ1v) is 11.8. The number of fused-ring (bicyclic) bond motifs is 1. The molecule has 1 aliphatic heterocycles. The zero-order valence-electron chi connectivity index (χ0n) is 18.4. The molecule has 3 heterocycles. The van der Waals surface area contributed by atoms with Crippen LogP contribution in [0.5, 0.6) is 0 Å². The molecule has 0 unspecified atom stereocenters. The van der Waals surface area contributed by atoms with Gasteiger partial charge in [0.05, 0.1) is 0 Å². The summed E-state index contributed by atoms with van der Waals surface area (Å²) >= 11 is 0. The first-order chi connectivity index (χ1) is 15.2. The highest BCUT2D eigenvalue weighted by Gasteiger charge is 2.24. The maximum absolute atomic E-state index is 13.6. The SMILES string of the molecule is Cc1ccc(Cc2cn3c(C4CCOCC4)nnc3c(=O)n2CC2CCCCC2)cc1. The van der Waals surface area contributed by atoms with Crippen LogP contribution in [-0.2, 0) is 17.7 Å². The van der Waals surface area contributed by atoms with E-state index in [0.29, 0.717) is 17.5 Å². The first kappa shape index (κ1) is 20.4. The van der Waals surface area contributed by atoms with Gasteiger partial charge < -0.3 is 9.30 Å². The van der Waals surface area contributed by atoms with Crippen molar-refractivity contribution in [3.05, 3.63) is 63.5 Å². The summed E-state index contributed by atoms with van der Waals surface area (Å²) < 4.78 is 9.49. The number of hydrogen-bond acceptors (Lipinski definition) is 4. The third-order valence-electron chi connectivity index (χ3n) is 7.04. The fourth-order valence-corrected chi connectivity index (χ4v) is 5.16. The van der Waals surface area contributed by atoms with Gasteiger partial charge in [0.15, 0.2) is 0 Å². The van der Waals surface area contributed by atoms with Crippen LogP contribution in [0.1, 0.15) is 73.5 Å². The van der Waals surface area contributed by atoms with Crippen molar-refractivity contribution in [3.63, 3.8) is 0 Å². The summed E-state index contributed by atoms with van der Waals surface area (Å²) in [5, 5.41) is 8.82. The van der Waals surface area contributed by atoms with Crippen molar-refractivity contribution in [2.24, 2.45) is 5.92 Å². The van der Waals surface area contributed by atoms with Crippen LogP contribution in [0.3, 0.4) is 0 Å². The summed E-state index contributed by atoms with van der Waals surface area (Å²) in [6.45, 7) is 4.38. The Bertz CT molecular complexity index is 1090. The van der Waals surface area contributed by atoms with Gasteiger partial charge >= 0.3 is 0 Å². The lowest BCUT2D eigenvalue weighted by molar-refractivity contribution is 0.0834. The number of nitrogens with zero attached hydrogens (tertiary/aromatic N) is 4. The molecule has 1 saturated carbocycles. The smallest absolute Gasteiger partial charge is 0.296 e. The average molecular weight is 421 g/mol. The van der Waals surface area contributed by atoms with E-state index >= 15 is 0 Å². The maximum Gasteiger partial charge on any atom is 0.296 e. The van der Waals surface area contributed by atoms with Gasteiger partial charge in [-0.05, 0) is 44.1 Å². The van der Waals surface area contributed by atoms with E-state index in [1.54, 1.807) is 0 Å². The lowest BCUT2D eigenvalue weighted by Gasteiger charge is -2.24. The van der Waals surface area contributed by atoms with Gasteiger partial charge in [-0.25, -0.2) is 0 Å². The number of aromatic nitrogens is 4. The third kappa shape index (κ3) is 4.31. The molecule has 31 heavy (non-hydrogen) atoms. The Morgan fingerprint density at radius 2 is 1.74 bits per heavy atom. The summed E-state index contributed by atoms with van der Waals surface area (Å²) in [5.74, 6) is 1.78. The van der Waals surface area contributed by atoms with Crippen molar-refractivity contribution in [2.45, 2.75) is 70.8 Å². The van der Waals surface area contributed by atoms with Crippen molar-refractivity contribution in [1.82, 2.24) is 19.2 Å². The van der Waals surface area contributed by atoms with Crippen LogP contribution in [0.2, 0.25) is 0 Å². The number of hydrogen-bond donors (Lipinski definition) is 0. The zero-order chi connectivity index (χ0) is 21.2. The van der Waals surface area contributed by atoms with Gasteiger partial charge in [-0.2, -0.15) is 0 Å². The van der Waals surface area contributed by atoms with E-state index in [0.717, 1.165) is 50.5 Å². The topological polar surface area (TPSA) is 61.4 Å². The van der Waals surface area contributed by atoms with Crippen LogP contribution in [0.25, 0.3) is 5.65 Å². The lowest BCUT2D eigenvalue weighted by Crippen LogP contribution is -2.30. The quantitative estimate of drug-likeness (QED) is 0.619. The molecular weight excluding hydrogens is 388 g/mol. The van der Waals surface area contributed by atoms with Crippen molar-refractivity contribution in [1.29, 1.82) is 0 Å². The van der Waals surface area contributed by atoms with E-state index in [4.69, 9.17) is 4.74 Å². The molecule has 0 bridgehead atoms. The average Bonchev–Trinajstić information content (AvgIpc) is 3.23. The van der Waals surface area contributed by atoms with Crippen LogP contribution in [0.4, 0.5) is 0 Å². The highest BCUT2D eigenvalue weighted by atomic mass is 16.5. The first-order valence-electron chi connectivity index (χ1n) is 11.8. The summed E-state index contributed by atoms with van der Waals surface area (Å²) in [6.07, 6.45) is 11.0. The second kappa shape index (κ2) is 8.95. The molecule has 5 rings (SSSR count). The standard InChI is InChI=1S/C25H32N4O2/c1-18-7-9-19(10-8-18)15-22-17-29-23(21-11-13-31-14-12-21)26-27-24(29)25(30)28(22)16-20-5-3-2-4-6-20/h7-10,17,20-21H,2-6,11-16H2,1H3. The molecule has 1 aliphatic carbocycles. The molecule has 3 aromatic rings. The van der Waals surface area contributed by atoms with E-state index in [-0.39, 0.29) is 5.56 Å². The molecule has 2 fully saturated rings. The van der Waals surface area contributed by atoms with E-state index in [9.17, 15) is 4.79 Å². The van der Waals surface area contributed by atoms with Crippen molar-refractivity contribution in [2.75, 3.05) is 13.2 Å². The van der Waals surface area contributed by atoms with Gasteiger partial charge in [-0.15, -0.1) is 10.2 Å². The van der Waals surface area contributed by atoms with E-state index in [1.807, 2.05) is 8.97 Å². The largest absolute Gasteiger partial charge is 0.381 e. The molecule has 0 amide bonds. The fourth-order valence-electron chi connectivity index (χ4n) is 5.16. The van der Waals surface area contributed by atoms with Crippen molar-refractivity contribution >= 4 is 5.65 Å². The molecule has 1 saturated heterocycles. The van der Waals surface area contributed by atoms with Gasteiger partial charge in [-0.1, -0.05) is 49.1 Å². The monoisotopic (exact) mass is 420 g/mol. The molecule has 0 radical (unpaired) electrons.